The molecule has 0 saturated carbocycles. The normalized spacial score (nSPS) is 31.9. The summed E-state index contributed by atoms with van der Waals surface area (Å²) in [4.78, 5) is 46.4. The van der Waals surface area contributed by atoms with Crippen LogP contribution >= 0.6 is 11.8 Å². The molecule has 0 aromatic rings. The summed E-state index contributed by atoms with van der Waals surface area (Å²) in [7, 11) is 1.37. The maximum Gasteiger partial charge on any atom is 0.330 e. The molecule has 0 spiro atoms. The van der Waals surface area contributed by atoms with Crippen molar-refractivity contribution in [3.63, 3.8) is 0 Å². The molecule has 10 nitrogen and oxygen atoms in total. The van der Waals surface area contributed by atoms with Gasteiger partial charge in [0.05, 0.1) is 0 Å². The molecule has 2 fully saturated rings. The number of methoxy groups -OCH3 is 1. The summed E-state index contributed by atoms with van der Waals surface area (Å²) >= 11 is 1.18. The first-order valence-electron chi connectivity index (χ1n) is 7.68. The molecule has 0 radical (unpaired) electrons. The quantitative estimate of drug-likeness (QED) is 0.381. The lowest BCUT2D eigenvalue weighted by molar-refractivity contribution is -0.166. The molecule has 2 heterocycles. The Morgan fingerprint density at radius 2 is 2.08 bits per heavy atom. The Morgan fingerprint density at radius 1 is 1.44 bits per heavy atom. The Kier molecular flexibility index (Phi) is 5.59. The number of carboxylic acids is 2. The molecule has 0 bridgehead atoms. The van der Waals surface area contributed by atoms with Gasteiger partial charge in [0.25, 0.3) is 0 Å². The average Bonchev–Trinajstić information content (AvgIpc) is 2.83. The second kappa shape index (κ2) is 7.18. The molecule has 2 amide bonds. The zero-order valence-corrected chi connectivity index (χ0v) is 14.6. The molecule has 5 atom stereocenters. The highest BCUT2D eigenvalue weighted by molar-refractivity contribution is 8.01. The van der Waals surface area contributed by atoms with E-state index >= 15 is 0 Å². The van der Waals surface area contributed by atoms with Crippen LogP contribution in [-0.4, -0.2) is 74.4 Å². The van der Waals surface area contributed by atoms with Gasteiger partial charge in [0.15, 0.2) is 6.04 Å². The minimum absolute atomic E-state index is 0.0338. The SMILES string of the molecule is CO[C@@]1(C)S[C@@H]2[C@H](NC(=O)CCC[C@H](N)C(=O)O)C(=O)N2[C@H]1C(=O)O. The van der Waals surface area contributed by atoms with Crippen molar-refractivity contribution >= 4 is 35.5 Å². The van der Waals surface area contributed by atoms with E-state index in [0.717, 1.165) is 0 Å². The first-order valence-corrected chi connectivity index (χ1v) is 8.56. The third kappa shape index (κ3) is 3.58. The third-order valence-corrected chi connectivity index (χ3v) is 6.00. The molecule has 0 aliphatic carbocycles. The lowest BCUT2D eigenvalue weighted by atomic mass is 10.0. The van der Waals surface area contributed by atoms with Crippen molar-refractivity contribution in [2.24, 2.45) is 5.73 Å². The fraction of sp³-hybridized carbons (Fsp3) is 0.714. The van der Waals surface area contributed by atoms with Crippen LogP contribution in [0.1, 0.15) is 26.2 Å². The Balaban J connectivity index is 1.91. The van der Waals surface area contributed by atoms with Crippen molar-refractivity contribution in [3.05, 3.63) is 0 Å². The van der Waals surface area contributed by atoms with Gasteiger partial charge in [-0.25, -0.2) is 4.79 Å². The van der Waals surface area contributed by atoms with Crippen LogP contribution in [0.3, 0.4) is 0 Å². The molecule has 5 N–H and O–H groups in total. The van der Waals surface area contributed by atoms with Gasteiger partial charge in [0, 0.05) is 13.5 Å². The summed E-state index contributed by atoms with van der Waals surface area (Å²) in [5.41, 5.74) is 5.36. The number of nitrogens with zero attached hydrogens (tertiary/aromatic N) is 1. The number of nitrogens with one attached hydrogen (secondary N) is 1. The zero-order valence-electron chi connectivity index (χ0n) is 13.8. The van der Waals surface area contributed by atoms with Gasteiger partial charge in [-0.2, -0.15) is 0 Å². The number of carbonyl (C=O) groups is 4. The number of hydrogen-bond donors (Lipinski definition) is 4. The first kappa shape index (κ1) is 19.5. The molecule has 0 aromatic heterocycles. The third-order valence-electron chi connectivity index (χ3n) is 4.40. The van der Waals surface area contributed by atoms with E-state index in [9.17, 15) is 24.3 Å². The molecular weight excluding hydrogens is 354 g/mol. The molecular formula is C14H21N3O7S. The number of β-lactam (4-membered cyclic amide) rings is 1. The second-order valence-electron chi connectivity index (χ2n) is 6.10. The molecule has 25 heavy (non-hydrogen) atoms. The van der Waals surface area contributed by atoms with Crippen molar-refractivity contribution in [1.82, 2.24) is 10.2 Å². The standard InChI is InChI=1S/C14H21N3O7S/c1-14(24-2)9(13(22)23)17-10(19)8(11(17)25-14)16-7(18)5-3-4-6(15)12(20)21/h6,8-9,11H,3-5,15H2,1-2H3,(H,16,18)(H,20,21)(H,22,23)/t6-,8+,9-,11+,14-/m0/s1. The maximum atomic E-state index is 12.2. The van der Waals surface area contributed by atoms with Gasteiger partial charge in [-0.05, 0) is 19.8 Å². The van der Waals surface area contributed by atoms with Gasteiger partial charge in [0.1, 0.15) is 22.4 Å². The summed E-state index contributed by atoms with van der Waals surface area (Å²) in [6, 6.07) is -2.97. The Bertz CT molecular complexity index is 601. The fourth-order valence-corrected chi connectivity index (χ4v) is 4.51. The Hall–Kier alpha value is -1.85. The van der Waals surface area contributed by atoms with Crippen LogP contribution in [0.25, 0.3) is 0 Å². The highest BCUT2D eigenvalue weighted by Crippen LogP contribution is 2.51. The van der Waals surface area contributed by atoms with Crippen LogP contribution in [0.5, 0.6) is 0 Å². The van der Waals surface area contributed by atoms with E-state index in [-0.39, 0.29) is 19.3 Å². The van der Waals surface area contributed by atoms with E-state index in [1.807, 2.05) is 0 Å². The summed E-state index contributed by atoms with van der Waals surface area (Å²) in [6.45, 7) is 1.59. The highest BCUT2D eigenvalue weighted by Gasteiger charge is 2.66. The summed E-state index contributed by atoms with van der Waals surface area (Å²) in [5.74, 6) is -3.18. The van der Waals surface area contributed by atoms with Crippen molar-refractivity contribution in [1.29, 1.82) is 0 Å². The zero-order chi connectivity index (χ0) is 18.9. The number of amides is 2. The Labute approximate surface area is 148 Å². The van der Waals surface area contributed by atoms with E-state index in [4.69, 9.17) is 15.6 Å². The highest BCUT2D eigenvalue weighted by atomic mass is 32.2. The van der Waals surface area contributed by atoms with Crippen LogP contribution in [0.4, 0.5) is 0 Å². The van der Waals surface area contributed by atoms with E-state index in [1.165, 1.54) is 23.8 Å². The summed E-state index contributed by atoms with van der Waals surface area (Å²) in [6.07, 6.45) is 0.454. The van der Waals surface area contributed by atoms with Crippen LogP contribution in [-0.2, 0) is 23.9 Å². The van der Waals surface area contributed by atoms with Gasteiger partial charge in [-0.1, -0.05) is 11.8 Å². The average molecular weight is 375 g/mol. The smallest absolute Gasteiger partial charge is 0.330 e. The number of ether oxygens (including phenoxy) is 1. The van der Waals surface area contributed by atoms with Crippen LogP contribution < -0.4 is 11.1 Å². The van der Waals surface area contributed by atoms with Crippen molar-refractivity contribution < 1.29 is 34.1 Å². The van der Waals surface area contributed by atoms with Crippen molar-refractivity contribution in [2.45, 2.75) is 54.6 Å². The molecule has 11 heteroatoms. The number of nitrogens with two attached hydrogens (primary N) is 1. The molecule has 140 valence electrons. The van der Waals surface area contributed by atoms with E-state index in [0.29, 0.717) is 0 Å². The van der Waals surface area contributed by atoms with Crippen molar-refractivity contribution in [3.8, 4) is 0 Å². The molecule has 2 saturated heterocycles. The van der Waals surface area contributed by atoms with Gasteiger partial charge >= 0.3 is 11.9 Å². The van der Waals surface area contributed by atoms with Crippen LogP contribution in [0, 0.1) is 0 Å². The summed E-state index contributed by atoms with van der Waals surface area (Å²) in [5, 5.41) is 20.1. The topological polar surface area (TPSA) is 159 Å². The second-order valence-corrected chi connectivity index (χ2v) is 7.63. The minimum atomic E-state index is -1.17. The van der Waals surface area contributed by atoms with Crippen LogP contribution in [0.2, 0.25) is 0 Å². The number of thioether (sulfide) groups is 1. The molecule has 0 aromatic carbocycles. The number of aliphatic carboxylic acids is 2. The van der Waals surface area contributed by atoms with E-state index < -0.39 is 52.2 Å². The number of hydrogen-bond acceptors (Lipinski definition) is 7. The summed E-state index contributed by atoms with van der Waals surface area (Å²) < 4.78 is 5.27. The van der Waals surface area contributed by atoms with Gasteiger partial charge in [0.2, 0.25) is 11.8 Å². The molecule has 2 rings (SSSR count). The van der Waals surface area contributed by atoms with Gasteiger partial charge in [-0.3, -0.25) is 14.4 Å². The number of fused-ring (bicyclic) bond motifs is 1. The van der Waals surface area contributed by atoms with Crippen molar-refractivity contribution in [2.75, 3.05) is 7.11 Å². The first-order chi connectivity index (χ1) is 11.6. The van der Waals surface area contributed by atoms with E-state index in [2.05, 4.69) is 5.32 Å². The number of rotatable bonds is 8. The maximum absolute atomic E-state index is 12.2. The van der Waals surface area contributed by atoms with Gasteiger partial charge < -0.3 is 30.9 Å². The van der Waals surface area contributed by atoms with Crippen LogP contribution in [0.15, 0.2) is 0 Å². The predicted octanol–water partition coefficient (Wildman–Crippen LogP) is -1.22. The largest absolute Gasteiger partial charge is 0.480 e. The molecule has 2 aliphatic heterocycles. The number of carbonyl (C=O) groups excluding carboxylic acids is 2. The predicted molar refractivity (Wildman–Crippen MR) is 86.5 cm³/mol. The van der Waals surface area contributed by atoms with Gasteiger partial charge in [-0.15, -0.1) is 0 Å². The molecule has 0 unspecified atom stereocenters. The molecule has 2 aliphatic rings. The lowest BCUT2D eigenvalue weighted by Crippen LogP contribution is -2.70. The fourth-order valence-electron chi connectivity index (χ4n) is 2.93. The minimum Gasteiger partial charge on any atom is -0.480 e. The number of carboxylic acid groups (broad SMARTS) is 2. The van der Waals surface area contributed by atoms with E-state index in [1.54, 1.807) is 6.92 Å². The monoisotopic (exact) mass is 375 g/mol. The lowest BCUT2D eigenvalue weighted by Gasteiger charge is -2.43. The Morgan fingerprint density at radius 3 is 2.60 bits per heavy atom.